The van der Waals surface area contributed by atoms with Gasteiger partial charge < -0.3 is 9.15 Å². The second-order valence-corrected chi connectivity index (χ2v) is 3.40. The molecule has 0 unspecified atom stereocenters. The molecule has 1 aromatic rings. The van der Waals surface area contributed by atoms with Crippen molar-refractivity contribution in [3.8, 4) is 0 Å². The van der Waals surface area contributed by atoms with E-state index in [2.05, 4.69) is 0 Å². The zero-order chi connectivity index (χ0) is 12.8. The van der Waals surface area contributed by atoms with Crippen LogP contribution in [0.3, 0.4) is 0 Å². The van der Waals surface area contributed by atoms with Gasteiger partial charge in [0.05, 0.1) is 13.4 Å². The maximum Gasteiger partial charge on any atom is 0.192 e. The number of rotatable bonds is 5. The monoisotopic (exact) mass is 234 g/mol. The molecule has 0 bridgehead atoms. The fourth-order valence-electron chi connectivity index (χ4n) is 1.32. The maximum atomic E-state index is 11.8. The van der Waals surface area contributed by atoms with Crippen LogP contribution in [-0.2, 0) is 14.3 Å². The highest BCUT2D eigenvalue weighted by molar-refractivity contribution is 6.24. The standard InChI is InChI=1S/C13H14O4/c1-9(14)13(10(2)16-3)12(15)7-6-11-5-4-8-17-11/h4-8H,1-3H3/b7-6+,13-10-. The summed E-state index contributed by atoms with van der Waals surface area (Å²) in [6, 6.07) is 3.43. The Labute approximate surface area is 99.6 Å². The van der Waals surface area contributed by atoms with E-state index in [0.717, 1.165) is 0 Å². The smallest absolute Gasteiger partial charge is 0.192 e. The molecule has 0 aliphatic rings. The number of carbonyl (C=O) groups excluding carboxylic acids is 2. The van der Waals surface area contributed by atoms with Crippen LogP contribution in [0.2, 0.25) is 0 Å². The van der Waals surface area contributed by atoms with Gasteiger partial charge in [0.15, 0.2) is 11.6 Å². The number of methoxy groups -OCH3 is 1. The van der Waals surface area contributed by atoms with Crippen LogP contribution in [0.25, 0.3) is 6.08 Å². The van der Waals surface area contributed by atoms with E-state index in [1.165, 1.54) is 32.4 Å². The van der Waals surface area contributed by atoms with E-state index < -0.39 is 5.78 Å². The largest absolute Gasteiger partial charge is 0.500 e. The molecule has 4 heteroatoms. The highest BCUT2D eigenvalue weighted by Crippen LogP contribution is 2.10. The van der Waals surface area contributed by atoms with E-state index in [-0.39, 0.29) is 11.4 Å². The molecule has 1 aromatic heterocycles. The predicted octanol–water partition coefficient (Wildman–Crippen LogP) is 2.37. The quantitative estimate of drug-likeness (QED) is 0.339. The van der Waals surface area contributed by atoms with Crippen molar-refractivity contribution in [3.63, 3.8) is 0 Å². The average molecular weight is 234 g/mol. The van der Waals surface area contributed by atoms with Crippen molar-refractivity contribution in [1.82, 2.24) is 0 Å². The van der Waals surface area contributed by atoms with Gasteiger partial charge in [-0.15, -0.1) is 0 Å². The van der Waals surface area contributed by atoms with Crippen molar-refractivity contribution in [2.75, 3.05) is 7.11 Å². The lowest BCUT2D eigenvalue weighted by molar-refractivity contribution is -0.118. The number of allylic oxidation sites excluding steroid dienone is 3. The minimum Gasteiger partial charge on any atom is -0.500 e. The second kappa shape index (κ2) is 5.84. The van der Waals surface area contributed by atoms with Crippen molar-refractivity contribution in [1.29, 1.82) is 0 Å². The minimum absolute atomic E-state index is 0.0512. The van der Waals surface area contributed by atoms with Gasteiger partial charge in [0.25, 0.3) is 0 Å². The molecule has 0 saturated heterocycles. The molecule has 4 nitrogen and oxygen atoms in total. The van der Waals surface area contributed by atoms with E-state index >= 15 is 0 Å². The molecule has 0 fully saturated rings. The Kier molecular flexibility index (Phi) is 4.46. The number of ether oxygens (including phenoxy) is 1. The SMILES string of the molecule is CO/C(C)=C(/C(C)=O)C(=O)/C=C/c1ccco1. The van der Waals surface area contributed by atoms with Crippen molar-refractivity contribution in [2.24, 2.45) is 0 Å². The lowest BCUT2D eigenvalue weighted by Crippen LogP contribution is -2.10. The Morgan fingerprint density at radius 3 is 2.53 bits per heavy atom. The molecule has 0 spiro atoms. The molecular formula is C13H14O4. The summed E-state index contributed by atoms with van der Waals surface area (Å²) in [7, 11) is 1.42. The summed E-state index contributed by atoms with van der Waals surface area (Å²) in [6.07, 6.45) is 4.30. The second-order valence-electron chi connectivity index (χ2n) is 3.40. The molecule has 0 aromatic carbocycles. The van der Waals surface area contributed by atoms with Crippen LogP contribution < -0.4 is 0 Å². The van der Waals surface area contributed by atoms with E-state index in [1.807, 2.05) is 0 Å². The van der Waals surface area contributed by atoms with Crippen LogP contribution in [0, 0.1) is 0 Å². The molecular weight excluding hydrogens is 220 g/mol. The van der Waals surface area contributed by atoms with E-state index in [1.54, 1.807) is 19.1 Å². The van der Waals surface area contributed by atoms with Crippen LogP contribution in [0.4, 0.5) is 0 Å². The highest BCUT2D eigenvalue weighted by Gasteiger charge is 2.16. The van der Waals surface area contributed by atoms with Crippen molar-refractivity contribution >= 4 is 17.6 Å². The summed E-state index contributed by atoms with van der Waals surface area (Å²) in [4.78, 5) is 23.1. The van der Waals surface area contributed by atoms with Gasteiger partial charge in [-0.3, -0.25) is 9.59 Å². The molecule has 1 rings (SSSR count). The van der Waals surface area contributed by atoms with E-state index in [0.29, 0.717) is 11.5 Å². The Morgan fingerprint density at radius 1 is 1.35 bits per heavy atom. The van der Waals surface area contributed by atoms with Gasteiger partial charge in [0, 0.05) is 0 Å². The summed E-state index contributed by atoms with van der Waals surface area (Å²) < 4.78 is 9.95. The first-order valence-electron chi connectivity index (χ1n) is 5.08. The molecule has 0 aliphatic heterocycles. The topological polar surface area (TPSA) is 56.5 Å². The molecule has 90 valence electrons. The molecule has 0 amide bonds. The lowest BCUT2D eigenvalue weighted by Gasteiger charge is -2.04. The van der Waals surface area contributed by atoms with Crippen molar-refractivity contribution < 1.29 is 18.7 Å². The van der Waals surface area contributed by atoms with Crippen LogP contribution in [-0.4, -0.2) is 18.7 Å². The number of carbonyl (C=O) groups is 2. The normalized spacial score (nSPS) is 12.4. The first-order chi connectivity index (χ1) is 8.06. The predicted molar refractivity (Wildman–Crippen MR) is 63.1 cm³/mol. The molecule has 0 aliphatic carbocycles. The third kappa shape index (κ3) is 3.45. The zero-order valence-electron chi connectivity index (χ0n) is 10.0. The first-order valence-corrected chi connectivity index (χ1v) is 5.08. The molecule has 0 atom stereocenters. The van der Waals surface area contributed by atoms with Crippen LogP contribution in [0.15, 0.2) is 40.2 Å². The molecule has 1 heterocycles. The van der Waals surface area contributed by atoms with Crippen LogP contribution in [0.5, 0.6) is 0 Å². The number of ketones is 2. The number of hydrogen-bond donors (Lipinski definition) is 0. The zero-order valence-corrected chi connectivity index (χ0v) is 10.0. The Morgan fingerprint density at radius 2 is 2.06 bits per heavy atom. The summed E-state index contributed by atoms with van der Waals surface area (Å²) in [5.74, 6) is 0.148. The average Bonchev–Trinajstić information content (AvgIpc) is 2.78. The summed E-state index contributed by atoms with van der Waals surface area (Å²) >= 11 is 0. The Bertz CT molecular complexity index is 464. The third-order valence-corrected chi connectivity index (χ3v) is 2.20. The lowest BCUT2D eigenvalue weighted by atomic mass is 10.1. The van der Waals surface area contributed by atoms with Gasteiger partial charge in [-0.05, 0) is 38.1 Å². The summed E-state index contributed by atoms with van der Waals surface area (Å²) in [6.45, 7) is 2.91. The van der Waals surface area contributed by atoms with Gasteiger partial charge in [-0.25, -0.2) is 0 Å². The summed E-state index contributed by atoms with van der Waals surface area (Å²) in [5.41, 5.74) is 0.0512. The van der Waals surface area contributed by atoms with Gasteiger partial charge in [0.1, 0.15) is 17.1 Å². The van der Waals surface area contributed by atoms with Crippen molar-refractivity contribution in [2.45, 2.75) is 13.8 Å². The molecule has 0 saturated carbocycles. The van der Waals surface area contributed by atoms with Crippen LogP contribution >= 0.6 is 0 Å². The fourth-order valence-corrected chi connectivity index (χ4v) is 1.32. The Balaban J connectivity index is 2.92. The number of furan rings is 1. The van der Waals surface area contributed by atoms with Gasteiger partial charge in [-0.2, -0.15) is 0 Å². The minimum atomic E-state index is -0.395. The third-order valence-electron chi connectivity index (χ3n) is 2.20. The van der Waals surface area contributed by atoms with Gasteiger partial charge in [0.2, 0.25) is 0 Å². The summed E-state index contributed by atoms with van der Waals surface area (Å²) in [5, 5.41) is 0. The molecule has 17 heavy (non-hydrogen) atoms. The first kappa shape index (κ1) is 13.0. The maximum absolute atomic E-state index is 11.8. The van der Waals surface area contributed by atoms with Gasteiger partial charge >= 0.3 is 0 Å². The molecule has 0 N–H and O–H groups in total. The highest BCUT2D eigenvalue weighted by atomic mass is 16.5. The van der Waals surface area contributed by atoms with E-state index in [4.69, 9.17) is 9.15 Å². The molecule has 0 radical (unpaired) electrons. The number of Topliss-reactive ketones (excluding diaryl/α,β-unsaturated/α-hetero) is 1. The van der Waals surface area contributed by atoms with Crippen molar-refractivity contribution in [3.05, 3.63) is 41.6 Å². The number of hydrogen-bond acceptors (Lipinski definition) is 4. The van der Waals surface area contributed by atoms with Crippen LogP contribution in [0.1, 0.15) is 19.6 Å². The van der Waals surface area contributed by atoms with Gasteiger partial charge in [-0.1, -0.05) is 0 Å². The van der Waals surface area contributed by atoms with E-state index in [9.17, 15) is 9.59 Å². The Hall–Kier alpha value is -2.10. The fraction of sp³-hybridized carbons (Fsp3) is 0.231.